The second-order valence-corrected chi connectivity index (χ2v) is 30.7. The second kappa shape index (κ2) is 29.7. The molecule has 0 unspecified atom stereocenters. The largest absolute Gasteiger partial charge is 0.456 e. The van der Waals surface area contributed by atoms with Gasteiger partial charge in [0.15, 0.2) is 0 Å². The molecule has 22 aromatic carbocycles. The molecule has 0 radical (unpaired) electrons. The summed E-state index contributed by atoms with van der Waals surface area (Å²) in [5.74, 6) is 0. The average Bonchev–Trinajstić information content (AvgIpc) is 1.27. The van der Waals surface area contributed by atoms with Crippen LogP contribution in [0.1, 0.15) is 13.7 Å². The van der Waals surface area contributed by atoms with E-state index in [-0.39, 0.29) is 59.5 Å². The maximum atomic E-state index is 8.80. The van der Waals surface area contributed by atoms with Gasteiger partial charge in [-0.15, -0.1) is 0 Å². The van der Waals surface area contributed by atoms with Crippen LogP contribution < -0.4 is 0 Å². The highest BCUT2D eigenvalue weighted by Crippen LogP contribution is 2.50. The van der Waals surface area contributed by atoms with E-state index >= 15 is 0 Å². The quantitative estimate of drug-likeness (QED) is 0.135. The van der Waals surface area contributed by atoms with Gasteiger partial charge in [0.25, 0.3) is 0 Å². The van der Waals surface area contributed by atoms with Crippen LogP contribution in [-0.4, -0.2) is 0 Å². The number of rotatable bonds is 9. The molecule has 564 valence electrons. The smallest absolute Gasteiger partial charge is 0.136 e. The fourth-order valence-electron chi connectivity index (χ4n) is 18.7. The Kier molecular flexibility index (Phi) is 14.8. The fourth-order valence-corrected chi connectivity index (χ4v) is 18.7. The molecule has 0 saturated carbocycles. The summed E-state index contributed by atoms with van der Waals surface area (Å²) in [4.78, 5) is 0. The first-order valence-electron chi connectivity index (χ1n) is 45.7. The molecule has 0 fully saturated rings. The SMILES string of the molecule is [2H]c1c([2H])c([2H])c(-c2c3ccccc3c(-c3ccc4oc5cc(-c6ccccc6)ccc5c4c3)c3ccccc23)c([2H])c1[2H].[2H]c1c([2H])c([2H])c(-c2c3ccccc3c(-c3ccc4oc5cccc(-c6ccccc6)c5c4c3)c3ccccc23)c([2H])c1[2H].c1ccc(-c2c3ccccc3c(-c3ccc4oc5cc(-c6cccc7ccccc67)ccc5c4c3)c3ccccc23)cc1. The van der Waals surface area contributed by atoms with Crippen molar-refractivity contribution in [2.24, 2.45) is 0 Å². The lowest BCUT2D eigenvalue weighted by molar-refractivity contribution is 0.668. The van der Waals surface area contributed by atoms with Gasteiger partial charge in [-0.2, -0.15) is 0 Å². The van der Waals surface area contributed by atoms with Crippen molar-refractivity contribution in [3.8, 4) is 100 Å². The molecule has 0 aliphatic rings. The predicted octanol–water partition coefficient (Wildman–Crippen LogP) is 33.8. The number of hydrogen-bond donors (Lipinski definition) is 0. The average molecular weight is 1550 g/mol. The summed E-state index contributed by atoms with van der Waals surface area (Å²) in [6.45, 7) is 0. The molecule has 0 saturated heterocycles. The van der Waals surface area contributed by atoms with E-state index in [1.54, 1.807) is 0 Å². The van der Waals surface area contributed by atoms with Crippen LogP contribution in [-0.2, 0) is 0 Å². The zero-order chi connectivity index (χ0) is 88.6. The molecule has 3 heterocycles. The first-order chi connectivity index (χ1) is 64.2. The summed E-state index contributed by atoms with van der Waals surface area (Å²) in [5.41, 5.74) is 22.6. The van der Waals surface area contributed by atoms with Gasteiger partial charge < -0.3 is 13.3 Å². The summed E-state index contributed by atoms with van der Waals surface area (Å²) in [7, 11) is 0. The minimum atomic E-state index is -0.399. The molecular formula is C118H74O3. The third kappa shape index (κ3) is 12.2. The lowest BCUT2D eigenvalue weighted by Gasteiger charge is -2.17. The molecular weight excluding hydrogens is 1470 g/mol. The van der Waals surface area contributed by atoms with Crippen LogP contribution in [0.2, 0.25) is 0 Å². The summed E-state index contributed by atoms with van der Waals surface area (Å²) >= 11 is 0. The van der Waals surface area contributed by atoms with Gasteiger partial charge in [-0.1, -0.05) is 382 Å². The van der Waals surface area contributed by atoms with Gasteiger partial charge in [0.1, 0.15) is 33.5 Å². The Bertz CT molecular complexity index is 8820. The molecule has 3 heteroatoms. The highest BCUT2D eigenvalue weighted by molar-refractivity contribution is 6.26. The van der Waals surface area contributed by atoms with Crippen LogP contribution in [0, 0.1) is 0 Å². The van der Waals surface area contributed by atoms with E-state index in [4.69, 9.17) is 27.0 Å². The van der Waals surface area contributed by atoms with Crippen molar-refractivity contribution in [1.29, 1.82) is 0 Å². The maximum absolute atomic E-state index is 8.80. The van der Waals surface area contributed by atoms with Crippen LogP contribution in [0.15, 0.2) is 462 Å². The molecule has 0 N–H and O–H groups in total. The van der Waals surface area contributed by atoms with Crippen LogP contribution in [0.3, 0.4) is 0 Å². The molecule has 3 nitrogen and oxygen atoms in total. The normalized spacial score (nSPS) is 12.8. The third-order valence-corrected chi connectivity index (χ3v) is 24.0. The number of benzene rings is 22. The molecule has 121 heavy (non-hydrogen) atoms. The Morgan fingerprint density at radius 3 is 0.893 bits per heavy atom. The zero-order valence-corrected chi connectivity index (χ0v) is 65.2. The summed E-state index contributed by atoms with van der Waals surface area (Å²) in [6, 6.07) is 131. The Morgan fingerprint density at radius 2 is 0.455 bits per heavy atom. The van der Waals surface area contributed by atoms with E-state index in [0.29, 0.717) is 11.1 Å². The van der Waals surface area contributed by atoms with Crippen molar-refractivity contribution in [2.75, 3.05) is 0 Å². The Morgan fingerprint density at radius 1 is 0.149 bits per heavy atom. The van der Waals surface area contributed by atoms with Crippen molar-refractivity contribution < 1.29 is 27.0 Å². The predicted molar refractivity (Wildman–Crippen MR) is 513 cm³/mol. The molecule has 0 bridgehead atoms. The number of hydrogen-bond acceptors (Lipinski definition) is 3. The fraction of sp³-hybridized carbons (Fsp3) is 0. The molecule has 0 aliphatic heterocycles. The molecule has 0 spiro atoms. The van der Waals surface area contributed by atoms with Crippen molar-refractivity contribution >= 4 is 141 Å². The van der Waals surface area contributed by atoms with Crippen LogP contribution >= 0.6 is 0 Å². The Labute approximate surface area is 712 Å². The summed E-state index contributed by atoms with van der Waals surface area (Å²) in [5, 5.41) is 20.9. The highest BCUT2D eigenvalue weighted by atomic mass is 16.3. The van der Waals surface area contributed by atoms with E-state index in [9.17, 15) is 0 Å². The zero-order valence-electron chi connectivity index (χ0n) is 75.2. The molecule has 25 aromatic rings. The minimum Gasteiger partial charge on any atom is -0.456 e. The number of fused-ring (bicyclic) bond motifs is 16. The van der Waals surface area contributed by atoms with Crippen LogP contribution in [0.5, 0.6) is 0 Å². The van der Waals surface area contributed by atoms with Gasteiger partial charge in [0.2, 0.25) is 0 Å². The topological polar surface area (TPSA) is 39.4 Å². The van der Waals surface area contributed by atoms with Crippen molar-refractivity contribution in [1.82, 2.24) is 0 Å². The van der Waals surface area contributed by atoms with E-state index in [1.165, 1.54) is 60.1 Å². The minimum absolute atomic E-state index is 0.207. The second-order valence-electron chi connectivity index (χ2n) is 30.7. The highest BCUT2D eigenvalue weighted by Gasteiger charge is 2.24. The third-order valence-electron chi connectivity index (χ3n) is 24.0. The number of furan rings is 3. The van der Waals surface area contributed by atoms with Gasteiger partial charge in [-0.05, 0) is 242 Å². The van der Waals surface area contributed by atoms with E-state index in [0.717, 1.165) is 159 Å². The molecule has 3 aromatic heterocycles. The monoisotopic (exact) mass is 1550 g/mol. The van der Waals surface area contributed by atoms with E-state index in [1.807, 2.05) is 158 Å². The van der Waals surface area contributed by atoms with Crippen LogP contribution in [0.25, 0.3) is 241 Å². The van der Waals surface area contributed by atoms with E-state index in [2.05, 4.69) is 231 Å². The lowest BCUT2D eigenvalue weighted by Crippen LogP contribution is -1.90. The van der Waals surface area contributed by atoms with Gasteiger partial charge in [0.05, 0.1) is 13.7 Å². The first kappa shape index (κ1) is 60.6. The van der Waals surface area contributed by atoms with Gasteiger partial charge >= 0.3 is 0 Å². The maximum Gasteiger partial charge on any atom is 0.136 e. The Balaban J connectivity index is 0.000000112. The molecule has 25 rings (SSSR count). The van der Waals surface area contributed by atoms with Gasteiger partial charge in [-0.25, -0.2) is 0 Å². The molecule has 0 aliphatic carbocycles. The van der Waals surface area contributed by atoms with Gasteiger partial charge in [0, 0.05) is 32.3 Å². The Hall–Kier alpha value is -15.9. The van der Waals surface area contributed by atoms with Crippen molar-refractivity contribution in [3.05, 3.63) is 449 Å². The summed E-state index contributed by atoms with van der Waals surface area (Å²) < 4.78 is 104. The first-order valence-corrected chi connectivity index (χ1v) is 40.7. The van der Waals surface area contributed by atoms with Crippen LogP contribution in [0.4, 0.5) is 0 Å². The van der Waals surface area contributed by atoms with E-state index < -0.39 is 12.1 Å². The molecule has 0 amide bonds. The lowest BCUT2D eigenvalue weighted by atomic mass is 9.85. The molecule has 0 atom stereocenters. The standard InChI is InChI=1S/C42H26O.2C38H24O/c1-2-12-28(13-3-1)41-34-16-6-8-18-36(34)42(37-19-9-7-17-35(37)41)30-22-24-39-38(25-30)33-23-21-29(26-40(33)43-39)32-20-10-14-27-11-4-5-15-31(27)32;1-3-12-25(13-4-1)28-20-11-21-35-38(28)33-24-27(22-23-34(33)39-35)37-31-18-9-7-16-29(31)36(26-14-5-2-6-15-26)30-17-8-10-19-32(30)37;1-3-11-25(12-4-1)27-19-21-29-34-23-28(20-22-35(34)39-36(29)24-27)38-32-17-9-7-15-30(32)37(26-13-5-2-6-14-26)31-16-8-10-18-33(31)38/h1-26H;2*1-24H/i;2D,5D,6D,14D,15D;2D,5D,6D,13D,14D. The summed E-state index contributed by atoms with van der Waals surface area (Å²) in [6.07, 6.45) is 0. The van der Waals surface area contributed by atoms with Crippen molar-refractivity contribution in [3.63, 3.8) is 0 Å². The van der Waals surface area contributed by atoms with Gasteiger partial charge in [-0.3, -0.25) is 0 Å². The van der Waals surface area contributed by atoms with Crippen molar-refractivity contribution in [2.45, 2.75) is 0 Å².